The number of rotatable bonds is 67. The quantitative estimate of drug-likeness (QED) is 0.0320. The standard InChI is InChI=1S/C74H139NO5/c1-3-5-7-9-11-13-15-17-18-19-36-39-43-46-50-54-58-62-66-72(77)71(70-76)75-73(78)67-63-59-55-51-47-44-40-37-34-32-30-28-26-24-22-20-21-23-25-27-29-31-33-35-38-41-45-49-53-57-61-65-69-80-74(79)68-64-60-56-52-48-42-16-14-12-10-8-6-4-2/h8,10,14,16,23,25,62,66,71-72,76-77H,3-7,9,11-13,15,17-22,24,26-61,63-65,67-70H2,1-2H3,(H,75,78)/b10-8-,16-14-,25-23-,66-62+. The molecule has 0 spiro atoms. The lowest BCUT2D eigenvalue weighted by molar-refractivity contribution is -0.143. The minimum absolute atomic E-state index is 0.00256. The number of unbranched alkanes of at least 4 members (excludes halogenated alkanes) is 50. The van der Waals surface area contributed by atoms with Gasteiger partial charge < -0.3 is 20.3 Å². The number of hydrogen-bond donors (Lipinski definition) is 3. The van der Waals surface area contributed by atoms with Crippen LogP contribution in [0.3, 0.4) is 0 Å². The molecule has 1 amide bonds. The fraction of sp³-hybridized carbons (Fsp3) is 0.865. The number of aliphatic hydroxyl groups excluding tert-OH is 2. The number of esters is 1. The average molecular weight is 1120 g/mol. The van der Waals surface area contributed by atoms with Crippen LogP contribution in [0.4, 0.5) is 0 Å². The Kier molecular flexibility index (Phi) is 67.4. The molecular weight excluding hydrogens is 983 g/mol. The van der Waals surface area contributed by atoms with E-state index in [1.165, 1.54) is 308 Å². The zero-order valence-corrected chi connectivity index (χ0v) is 53.8. The molecule has 2 atom stereocenters. The van der Waals surface area contributed by atoms with E-state index in [9.17, 15) is 19.8 Å². The van der Waals surface area contributed by atoms with Crippen LogP contribution < -0.4 is 5.32 Å². The summed E-state index contributed by atoms with van der Waals surface area (Å²) in [4.78, 5) is 24.5. The summed E-state index contributed by atoms with van der Waals surface area (Å²) < 4.78 is 5.48. The number of hydrogen-bond acceptors (Lipinski definition) is 5. The number of ether oxygens (including phenoxy) is 1. The molecule has 0 bridgehead atoms. The van der Waals surface area contributed by atoms with Crippen molar-refractivity contribution < 1.29 is 24.5 Å². The van der Waals surface area contributed by atoms with Crippen LogP contribution in [0.25, 0.3) is 0 Å². The summed E-state index contributed by atoms with van der Waals surface area (Å²) in [7, 11) is 0. The van der Waals surface area contributed by atoms with Crippen LogP contribution in [0.15, 0.2) is 48.6 Å². The first-order valence-electron chi connectivity index (χ1n) is 35.9. The molecule has 0 heterocycles. The van der Waals surface area contributed by atoms with Crippen LogP contribution in [0.5, 0.6) is 0 Å². The fourth-order valence-electron chi connectivity index (χ4n) is 11.1. The van der Waals surface area contributed by atoms with Crippen molar-refractivity contribution >= 4 is 11.9 Å². The van der Waals surface area contributed by atoms with Crippen LogP contribution in [-0.4, -0.2) is 47.4 Å². The van der Waals surface area contributed by atoms with Gasteiger partial charge in [0.05, 0.1) is 25.4 Å². The molecule has 3 N–H and O–H groups in total. The summed E-state index contributed by atoms with van der Waals surface area (Å²) in [5.74, 6) is -0.0600. The first kappa shape index (κ1) is 77.8. The third kappa shape index (κ3) is 65.0. The van der Waals surface area contributed by atoms with E-state index in [0.29, 0.717) is 19.4 Å². The molecule has 0 fully saturated rings. The molecule has 0 aromatic rings. The van der Waals surface area contributed by atoms with Crippen molar-refractivity contribution in [2.24, 2.45) is 0 Å². The predicted octanol–water partition coefficient (Wildman–Crippen LogP) is 23.3. The van der Waals surface area contributed by atoms with Crippen LogP contribution in [0.1, 0.15) is 386 Å². The van der Waals surface area contributed by atoms with Gasteiger partial charge in [-0.15, -0.1) is 0 Å². The number of amides is 1. The molecule has 0 aromatic carbocycles. The van der Waals surface area contributed by atoms with Gasteiger partial charge in [0.2, 0.25) is 5.91 Å². The number of allylic oxidation sites excluding steroid dienone is 7. The zero-order chi connectivity index (χ0) is 57.8. The van der Waals surface area contributed by atoms with E-state index < -0.39 is 12.1 Å². The van der Waals surface area contributed by atoms with E-state index in [2.05, 4.69) is 55.6 Å². The van der Waals surface area contributed by atoms with E-state index in [0.717, 1.165) is 51.4 Å². The Morgan fingerprint density at radius 3 is 1.01 bits per heavy atom. The summed E-state index contributed by atoms with van der Waals surface area (Å²) in [6, 6.07) is -0.627. The summed E-state index contributed by atoms with van der Waals surface area (Å²) in [5, 5.41) is 23.2. The highest BCUT2D eigenvalue weighted by molar-refractivity contribution is 5.76. The van der Waals surface area contributed by atoms with Gasteiger partial charge in [-0.05, 0) is 83.5 Å². The summed E-state index contributed by atoms with van der Waals surface area (Å²) >= 11 is 0. The third-order valence-electron chi connectivity index (χ3n) is 16.5. The van der Waals surface area contributed by atoms with Crippen LogP contribution in [0, 0.1) is 0 Å². The summed E-state index contributed by atoms with van der Waals surface area (Å²) in [5.41, 5.74) is 0. The molecule has 0 radical (unpaired) electrons. The molecule has 0 aliphatic rings. The average Bonchev–Trinajstić information content (AvgIpc) is 3.46. The van der Waals surface area contributed by atoms with Crippen molar-refractivity contribution in [1.29, 1.82) is 0 Å². The highest BCUT2D eigenvalue weighted by atomic mass is 16.5. The fourth-order valence-corrected chi connectivity index (χ4v) is 11.1. The molecule has 0 saturated carbocycles. The van der Waals surface area contributed by atoms with Crippen molar-refractivity contribution in [3.63, 3.8) is 0 Å². The van der Waals surface area contributed by atoms with Crippen molar-refractivity contribution in [2.75, 3.05) is 13.2 Å². The van der Waals surface area contributed by atoms with E-state index in [-0.39, 0.29) is 18.5 Å². The van der Waals surface area contributed by atoms with Gasteiger partial charge in [-0.3, -0.25) is 9.59 Å². The molecule has 470 valence electrons. The second kappa shape index (κ2) is 69.3. The minimum Gasteiger partial charge on any atom is -0.466 e. The Balaban J connectivity index is 3.38. The third-order valence-corrected chi connectivity index (χ3v) is 16.5. The monoisotopic (exact) mass is 1120 g/mol. The van der Waals surface area contributed by atoms with E-state index in [4.69, 9.17) is 4.74 Å². The van der Waals surface area contributed by atoms with Crippen molar-refractivity contribution in [3.05, 3.63) is 48.6 Å². The zero-order valence-electron chi connectivity index (χ0n) is 53.8. The lowest BCUT2D eigenvalue weighted by atomic mass is 10.0. The van der Waals surface area contributed by atoms with Crippen LogP contribution in [0.2, 0.25) is 0 Å². The van der Waals surface area contributed by atoms with Gasteiger partial charge in [-0.1, -0.05) is 339 Å². The Labute approximate surface area is 499 Å². The van der Waals surface area contributed by atoms with Gasteiger partial charge in [0.15, 0.2) is 0 Å². The smallest absolute Gasteiger partial charge is 0.305 e. The molecule has 0 saturated heterocycles. The lowest BCUT2D eigenvalue weighted by Crippen LogP contribution is -2.45. The van der Waals surface area contributed by atoms with E-state index in [1.54, 1.807) is 6.08 Å². The van der Waals surface area contributed by atoms with Crippen molar-refractivity contribution in [2.45, 2.75) is 398 Å². The topological polar surface area (TPSA) is 95.9 Å². The van der Waals surface area contributed by atoms with Gasteiger partial charge in [0.1, 0.15) is 0 Å². The Morgan fingerprint density at radius 1 is 0.350 bits per heavy atom. The maximum atomic E-state index is 12.5. The number of carbonyl (C=O) groups is 2. The highest BCUT2D eigenvalue weighted by Gasteiger charge is 2.18. The molecule has 0 aliphatic heterocycles. The minimum atomic E-state index is -0.844. The Bertz CT molecular complexity index is 1340. The van der Waals surface area contributed by atoms with Gasteiger partial charge in [0.25, 0.3) is 0 Å². The largest absolute Gasteiger partial charge is 0.466 e. The Hall–Kier alpha value is -2.18. The van der Waals surface area contributed by atoms with Gasteiger partial charge >= 0.3 is 5.97 Å². The molecule has 6 nitrogen and oxygen atoms in total. The maximum absolute atomic E-state index is 12.5. The van der Waals surface area contributed by atoms with E-state index in [1.807, 2.05) is 6.08 Å². The summed E-state index contributed by atoms with van der Waals surface area (Å²) in [6.45, 7) is 4.86. The SMILES string of the molecule is CCC/C=C\C/C=C\CCCCCCCC(=O)OCCCCCCCCCCCCCC/C=C\CCCCCCCCCCCCCCCCCCC(=O)NC(CO)C(O)/C=C/CCCCCCCCCCCCCCCCCC. The summed E-state index contributed by atoms with van der Waals surface area (Å²) in [6.07, 6.45) is 90.6. The van der Waals surface area contributed by atoms with Gasteiger partial charge in [0, 0.05) is 12.8 Å². The molecule has 0 aromatic heterocycles. The first-order valence-corrected chi connectivity index (χ1v) is 35.9. The normalized spacial score (nSPS) is 12.8. The lowest BCUT2D eigenvalue weighted by Gasteiger charge is -2.20. The number of aliphatic hydroxyl groups is 2. The second-order valence-electron chi connectivity index (χ2n) is 24.6. The maximum Gasteiger partial charge on any atom is 0.305 e. The van der Waals surface area contributed by atoms with Crippen LogP contribution >= 0.6 is 0 Å². The van der Waals surface area contributed by atoms with Crippen molar-refractivity contribution in [3.8, 4) is 0 Å². The number of nitrogens with one attached hydrogen (secondary N) is 1. The Morgan fingerprint density at radius 2 is 0.650 bits per heavy atom. The van der Waals surface area contributed by atoms with Crippen LogP contribution in [-0.2, 0) is 14.3 Å². The molecule has 0 rings (SSSR count). The molecule has 2 unspecified atom stereocenters. The molecule has 6 heteroatoms. The predicted molar refractivity (Wildman–Crippen MR) is 352 cm³/mol. The van der Waals surface area contributed by atoms with Crippen molar-refractivity contribution in [1.82, 2.24) is 5.32 Å². The van der Waals surface area contributed by atoms with E-state index >= 15 is 0 Å². The first-order chi connectivity index (χ1) is 39.5. The molecule has 0 aliphatic carbocycles. The molecule has 80 heavy (non-hydrogen) atoms. The number of carbonyl (C=O) groups excluding carboxylic acids is 2. The molecular formula is C74H139NO5. The van der Waals surface area contributed by atoms with Gasteiger partial charge in [-0.25, -0.2) is 0 Å². The van der Waals surface area contributed by atoms with Gasteiger partial charge in [-0.2, -0.15) is 0 Å². The highest BCUT2D eigenvalue weighted by Crippen LogP contribution is 2.18. The second-order valence-corrected chi connectivity index (χ2v) is 24.6.